The zero-order valence-electron chi connectivity index (χ0n) is 9.85. The van der Waals surface area contributed by atoms with Gasteiger partial charge >= 0.3 is 0 Å². The van der Waals surface area contributed by atoms with Crippen LogP contribution in [-0.4, -0.2) is 25.1 Å². The third-order valence-corrected chi connectivity index (χ3v) is 2.76. The number of rotatable bonds is 2. The van der Waals surface area contributed by atoms with Crippen molar-refractivity contribution in [3.8, 4) is 0 Å². The lowest BCUT2D eigenvalue weighted by atomic mass is 10.1. The second-order valence-electron chi connectivity index (χ2n) is 3.86. The molecule has 0 aliphatic rings. The van der Waals surface area contributed by atoms with Crippen LogP contribution in [0.15, 0.2) is 12.4 Å². The molecular formula is C11H14N4O. The molecule has 2 rings (SSSR count). The van der Waals surface area contributed by atoms with Crippen LogP contribution in [0.1, 0.15) is 27.6 Å². The zero-order valence-corrected chi connectivity index (χ0v) is 9.85. The lowest BCUT2D eigenvalue weighted by Crippen LogP contribution is -2.10. The van der Waals surface area contributed by atoms with E-state index in [0.29, 0.717) is 11.4 Å². The van der Waals surface area contributed by atoms with E-state index >= 15 is 0 Å². The van der Waals surface area contributed by atoms with Gasteiger partial charge in [0.15, 0.2) is 5.82 Å². The topological polar surface area (TPSA) is 52.7 Å². The number of hydrogen-bond donors (Lipinski definition) is 0. The van der Waals surface area contributed by atoms with Gasteiger partial charge in [0.25, 0.3) is 0 Å². The van der Waals surface area contributed by atoms with E-state index in [1.807, 2.05) is 20.9 Å². The molecule has 84 valence electrons. The second kappa shape index (κ2) is 3.59. The molecule has 0 saturated heterocycles. The van der Waals surface area contributed by atoms with Crippen LogP contribution in [0, 0.1) is 13.8 Å². The number of hydrogen-bond acceptors (Lipinski definition) is 3. The predicted octanol–water partition coefficient (Wildman–Crippen LogP) is 1.00. The lowest BCUT2D eigenvalue weighted by Gasteiger charge is -2.01. The number of imidazole rings is 1. The molecule has 2 aromatic rings. The standard InChI is InChI=1S/C11H14N4O/c1-7-9(8(2)15(4)13-7)10(16)11-12-5-6-14(11)3/h5-6H,1-4H3. The Balaban J connectivity index is 2.54. The van der Waals surface area contributed by atoms with Gasteiger partial charge in [0.1, 0.15) is 0 Å². The summed E-state index contributed by atoms with van der Waals surface area (Å²) in [5.74, 6) is 0.370. The number of carbonyl (C=O) groups excluding carboxylic acids is 1. The van der Waals surface area contributed by atoms with Crippen LogP contribution in [0.4, 0.5) is 0 Å². The van der Waals surface area contributed by atoms with Gasteiger partial charge in [-0.3, -0.25) is 9.48 Å². The Bertz CT molecular complexity index is 550. The van der Waals surface area contributed by atoms with Crippen LogP contribution in [0.3, 0.4) is 0 Å². The molecule has 0 amide bonds. The van der Waals surface area contributed by atoms with Gasteiger partial charge in [0, 0.05) is 32.2 Å². The molecule has 16 heavy (non-hydrogen) atoms. The van der Waals surface area contributed by atoms with Crippen molar-refractivity contribution >= 4 is 5.78 Å². The van der Waals surface area contributed by atoms with Gasteiger partial charge in [0.05, 0.1) is 11.3 Å². The molecule has 2 aromatic heterocycles. The van der Waals surface area contributed by atoms with Crippen LogP contribution in [0.25, 0.3) is 0 Å². The molecule has 0 aliphatic heterocycles. The number of carbonyl (C=O) groups is 1. The highest BCUT2D eigenvalue weighted by Crippen LogP contribution is 2.15. The Labute approximate surface area is 93.7 Å². The van der Waals surface area contributed by atoms with Gasteiger partial charge < -0.3 is 4.57 Å². The molecule has 0 aliphatic carbocycles. The fourth-order valence-corrected chi connectivity index (χ4v) is 1.80. The molecule has 0 atom stereocenters. The molecule has 5 heteroatoms. The smallest absolute Gasteiger partial charge is 0.232 e. The number of aryl methyl sites for hydroxylation is 3. The highest BCUT2D eigenvalue weighted by atomic mass is 16.1. The minimum Gasteiger partial charge on any atom is -0.331 e. The lowest BCUT2D eigenvalue weighted by molar-refractivity contribution is 0.102. The van der Waals surface area contributed by atoms with E-state index in [-0.39, 0.29) is 5.78 Å². The van der Waals surface area contributed by atoms with E-state index < -0.39 is 0 Å². The fourth-order valence-electron chi connectivity index (χ4n) is 1.80. The Morgan fingerprint density at radius 3 is 2.44 bits per heavy atom. The monoisotopic (exact) mass is 218 g/mol. The number of ketones is 1. The molecule has 0 spiro atoms. The van der Waals surface area contributed by atoms with Crippen LogP contribution < -0.4 is 0 Å². The molecule has 0 bridgehead atoms. The quantitative estimate of drug-likeness (QED) is 0.707. The van der Waals surface area contributed by atoms with Gasteiger partial charge in [-0.1, -0.05) is 0 Å². The summed E-state index contributed by atoms with van der Waals surface area (Å²) in [5, 5.41) is 4.23. The first-order chi connectivity index (χ1) is 7.52. The molecule has 0 saturated carbocycles. The van der Waals surface area contributed by atoms with Crippen molar-refractivity contribution in [3.05, 3.63) is 35.2 Å². The Morgan fingerprint density at radius 1 is 1.31 bits per heavy atom. The normalized spacial score (nSPS) is 10.8. The van der Waals surface area contributed by atoms with Gasteiger partial charge in [-0.25, -0.2) is 4.98 Å². The van der Waals surface area contributed by atoms with Crippen LogP contribution in [0.5, 0.6) is 0 Å². The van der Waals surface area contributed by atoms with Gasteiger partial charge in [-0.2, -0.15) is 5.10 Å². The summed E-state index contributed by atoms with van der Waals surface area (Å²) >= 11 is 0. The number of nitrogens with zero attached hydrogens (tertiary/aromatic N) is 4. The average Bonchev–Trinajstić information content (AvgIpc) is 2.73. The van der Waals surface area contributed by atoms with Gasteiger partial charge in [-0.05, 0) is 13.8 Å². The van der Waals surface area contributed by atoms with Crippen molar-refractivity contribution < 1.29 is 4.79 Å². The fraction of sp³-hybridized carbons (Fsp3) is 0.364. The molecule has 0 aromatic carbocycles. The minimum absolute atomic E-state index is 0.0735. The minimum atomic E-state index is -0.0735. The summed E-state index contributed by atoms with van der Waals surface area (Å²) < 4.78 is 3.43. The summed E-state index contributed by atoms with van der Waals surface area (Å²) in [4.78, 5) is 16.3. The van der Waals surface area contributed by atoms with Crippen molar-refractivity contribution in [2.75, 3.05) is 0 Å². The summed E-state index contributed by atoms with van der Waals surface area (Å²) in [6.45, 7) is 3.72. The third-order valence-electron chi connectivity index (χ3n) is 2.76. The summed E-state index contributed by atoms with van der Waals surface area (Å²) in [5.41, 5.74) is 2.26. The predicted molar refractivity (Wildman–Crippen MR) is 59.3 cm³/mol. The Hall–Kier alpha value is -1.91. The molecule has 2 heterocycles. The summed E-state index contributed by atoms with van der Waals surface area (Å²) in [7, 11) is 3.64. The van der Waals surface area contributed by atoms with Crippen LogP contribution in [-0.2, 0) is 14.1 Å². The molecule has 0 unspecified atom stereocenters. The summed E-state index contributed by atoms with van der Waals surface area (Å²) in [6.07, 6.45) is 3.38. The van der Waals surface area contributed by atoms with E-state index in [9.17, 15) is 4.79 Å². The van der Waals surface area contributed by atoms with Crippen molar-refractivity contribution in [3.63, 3.8) is 0 Å². The van der Waals surface area contributed by atoms with Gasteiger partial charge in [0.2, 0.25) is 5.78 Å². The molecule has 0 fully saturated rings. The maximum Gasteiger partial charge on any atom is 0.232 e. The van der Waals surface area contributed by atoms with E-state index in [4.69, 9.17) is 0 Å². The van der Waals surface area contributed by atoms with Crippen molar-refractivity contribution in [2.24, 2.45) is 14.1 Å². The van der Waals surface area contributed by atoms with E-state index in [0.717, 1.165) is 11.4 Å². The van der Waals surface area contributed by atoms with Crippen molar-refractivity contribution in [1.82, 2.24) is 19.3 Å². The first kappa shape index (κ1) is 10.6. The molecule has 5 nitrogen and oxygen atoms in total. The first-order valence-corrected chi connectivity index (χ1v) is 5.04. The maximum absolute atomic E-state index is 12.2. The van der Waals surface area contributed by atoms with Crippen LogP contribution in [0.2, 0.25) is 0 Å². The van der Waals surface area contributed by atoms with Crippen molar-refractivity contribution in [1.29, 1.82) is 0 Å². The molecule has 0 radical (unpaired) electrons. The average molecular weight is 218 g/mol. The highest BCUT2D eigenvalue weighted by Gasteiger charge is 2.21. The Morgan fingerprint density at radius 2 is 2.00 bits per heavy atom. The van der Waals surface area contributed by atoms with E-state index in [2.05, 4.69) is 10.1 Å². The van der Waals surface area contributed by atoms with E-state index in [1.165, 1.54) is 0 Å². The highest BCUT2D eigenvalue weighted by molar-refractivity contribution is 6.08. The van der Waals surface area contributed by atoms with Gasteiger partial charge in [-0.15, -0.1) is 0 Å². The molecular weight excluding hydrogens is 204 g/mol. The summed E-state index contributed by atoms with van der Waals surface area (Å²) in [6, 6.07) is 0. The SMILES string of the molecule is Cc1nn(C)c(C)c1C(=O)c1nccn1C. The van der Waals surface area contributed by atoms with Crippen LogP contribution >= 0.6 is 0 Å². The Kier molecular flexibility index (Phi) is 2.38. The second-order valence-corrected chi connectivity index (χ2v) is 3.86. The maximum atomic E-state index is 12.2. The number of aromatic nitrogens is 4. The van der Waals surface area contributed by atoms with E-state index in [1.54, 1.807) is 28.7 Å². The largest absolute Gasteiger partial charge is 0.331 e. The molecule has 0 N–H and O–H groups in total. The third kappa shape index (κ3) is 1.44. The zero-order chi connectivity index (χ0) is 11.9. The van der Waals surface area contributed by atoms with Crippen molar-refractivity contribution in [2.45, 2.75) is 13.8 Å². The first-order valence-electron chi connectivity index (χ1n) is 5.04.